The van der Waals surface area contributed by atoms with E-state index in [2.05, 4.69) is 10.6 Å². The van der Waals surface area contributed by atoms with E-state index in [-0.39, 0.29) is 18.2 Å². The van der Waals surface area contributed by atoms with Gasteiger partial charge in [-0.15, -0.1) is 0 Å². The third-order valence-corrected chi connectivity index (χ3v) is 3.14. The molecule has 1 fully saturated rings. The molecule has 0 unspecified atom stereocenters. The van der Waals surface area contributed by atoms with Gasteiger partial charge in [-0.25, -0.2) is 4.79 Å². The van der Waals surface area contributed by atoms with Crippen LogP contribution in [0.4, 0.5) is 10.5 Å². The van der Waals surface area contributed by atoms with Crippen molar-refractivity contribution in [2.45, 2.75) is 13.0 Å². The van der Waals surface area contributed by atoms with Crippen molar-refractivity contribution in [3.63, 3.8) is 0 Å². The molecule has 18 heavy (non-hydrogen) atoms. The first kappa shape index (κ1) is 10.8. The maximum Gasteiger partial charge on any atom is 0.328 e. The van der Waals surface area contributed by atoms with Gasteiger partial charge in [0.25, 0.3) is 5.91 Å². The number of imide groups is 1. The highest BCUT2D eigenvalue weighted by Gasteiger charge is 2.26. The summed E-state index contributed by atoms with van der Waals surface area (Å²) in [6.07, 6.45) is 0.273. The Hall–Kier alpha value is -2.37. The van der Waals surface area contributed by atoms with Crippen LogP contribution in [-0.2, 0) is 11.3 Å². The number of urea groups is 1. The minimum absolute atomic E-state index is 0.125. The average Bonchev–Trinajstić information content (AvgIpc) is 2.71. The number of hydrogen-bond acceptors (Lipinski definition) is 3. The Morgan fingerprint density at radius 2 is 2.00 bits per heavy atom. The van der Waals surface area contributed by atoms with Gasteiger partial charge in [-0.05, 0) is 17.7 Å². The summed E-state index contributed by atoms with van der Waals surface area (Å²) in [5.74, 6) is -0.393. The Morgan fingerprint density at radius 1 is 1.17 bits per heavy atom. The zero-order valence-electron chi connectivity index (χ0n) is 9.53. The molecule has 0 bridgehead atoms. The van der Waals surface area contributed by atoms with Crippen LogP contribution >= 0.6 is 0 Å². The molecular formula is C12H11N3O3. The number of nitrogens with one attached hydrogen (secondary N) is 2. The topological polar surface area (TPSA) is 78.5 Å². The van der Waals surface area contributed by atoms with Crippen molar-refractivity contribution < 1.29 is 14.4 Å². The van der Waals surface area contributed by atoms with Crippen molar-refractivity contribution in [2.24, 2.45) is 0 Å². The maximum atomic E-state index is 11.7. The molecule has 2 N–H and O–H groups in total. The molecule has 1 aromatic rings. The summed E-state index contributed by atoms with van der Waals surface area (Å²) in [5, 5.41) is 4.98. The predicted octanol–water partition coefficient (Wildman–Crippen LogP) is 0.376. The number of nitrogens with zero attached hydrogens (tertiary/aromatic N) is 1. The van der Waals surface area contributed by atoms with Gasteiger partial charge >= 0.3 is 6.03 Å². The molecule has 0 radical (unpaired) electrons. The summed E-state index contributed by atoms with van der Waals surface area (Å²) in [4.78, 5) is 35.8. The Balaban J connectivity index is 1.93. The van der Waals surface area contributed by atoms with Gasteiger partial charge in [0.05, 0.1) is 0 Å². The summed E-state index contributed by atoms with van der Waals surface area (Å²) in [7, 11) is 0. The van der Waals surface area contributed by atoms with Crippen LogP contribution in [0.3, 0.4) is 0 Å². The molecule has 6 nitrogen and oxygen atoms in total. The van der Waals surface area contributed by atoms with Crippen molar-refractivity contribution in [1.29, 1.82) is 0 Å². The van der Waals surface area contributed by atoms with E-state index < -0.39 is 6.03 Å². The van der Waals surface area contributed by atoms with Gasteiger partial charge in [0, 0.05) is 30.8 Å². The zero-order chi connectivity index (χ0) is 12.7. The van der Waals surface area contributed by atoms with Crippen LogP contribution in [0.25, 0.3) is 0 Å². The number of fused-ring (bicyclic) bond motifs is 1. The number of rotatable bonds is 1. The fourth-order valence-electron chi connectivity index (χ4n) is 2.18. The molecule has 0 aromatic heterocycles. The Labute approximate surface area is 103 Å². The van der Waals surface area contributed by atoms with E-state index in [1.165, 1.54) is 4.90 Å². The van der Waals surface area contributed by atoms with Crippen LogP contribution in [-0.4, -0.2) is 24.4 Å². The second kappa shape index (κ2) is 3.83. The number of anilines is 1. The van der Waals surface area contributed by atoms with Crippen LogP contribution in [0.5, 0.6) is 0 Å². The number of benzene rings is 1. The number of hydrogen-bond donors (Lipinski definition) is 2. The molecule has 6 heteroatoms. The highest BCUT2D eigenvalue weighted by Crippen LogP contribution is 2.24. The van der Waals surface area contributed by atoms with Crippen LogP contribution in [0, 0.1) is 0 Å². The highest BCUT2D eigenvalue weighted by molar-refractivity contribution is 6.06. The van der Waals surface area contributed by atoms with E-state index in [0.717, 1.165) is 5.56 Å². The third-order valence-electron chi connectivity index (χ3n) is 3.14. The molecule has 2 aliphatic heterocycles. The number of amides is 4. The van der Waals surface area contributed by atoms with Crippen molar-refractivity contribution in [2.75, 3.05) is 11.4 Å². The number of carbonyl (C=O) groups is 3. The maximum absolute atomic E-state index is 11.7. The van der Waals surface area contributed by atoms with Gasteiger partial charge in [0.1, 0.15) is 0 Å². The van der Waals surface area contributed by atoms with Crippen molar-refractivity contribution in [3.8, 4) is 0 Å². The monoisotopic (exact) mass is 245 g/mol. The summed E-state index contributed by atoms with van der Waals surface area (Å²) >= 11 is 0. The van der Waals surface area contributed by atoms with Crippen LogP contribution in [0.2, 0.25) is 0 Å². The van der Waals surface area contributed by atoms with E-state index in [9.17, 15) is 14.4 Å². The fraction of sp³-hybridized carbons (Fsp3) is 0.250. The average molecular weight is 245 g/mol. The van der Waals surface area contributed by atoms with E-state index >= 15 is 0 Å². The summed E-state index contributed by atoms with van der Waals surface area (Å²) < 4.78 is 0. The van der Waals surface area contributed by atoms with Gasteiger partial charge < -0.3 is 5.32 Å². The molecule has 3 rings (SSSR count). The van der Waals surface area contributed by atoms with E-state index in [1.54, 1.807) is 12.1 Å². The van der Waals surface area contributed by atoms with Gasteiger partial charge in [-0.1, -0.05) is 6.07 Å². The fourth-order valence-corrected chi connectivity index (χ4v) is 2.18. The van der Waals surface area contributed by atoms with Gasteiger partial charge in [0.15, 0.2) is 0 Å². The molecular weight excluding hydrogens is 234 g/mol. The minimum atomic E-state index is -0.440. The predicted molar refractivity (Wildman–Crippen MR) is 63.1 cm³/mol. The van der Waals surface area contributed by atoms with Gasteiger partial charge in [0.2, 0.25) is 5.91 Å². The number of carbonyl (C=O) groups excluding carboxylic acids is 3. The smallest absolute Gasteiger partial charge is 0.328 e. The molecule has 0 spiro atoms. The van der Waals surface area contributed by atoms with Gasteiger partial charge in [-0.3, -0.25) is 19.8 Å². The zero-order valence-corrected chi connectivity index (χ0v) is 9.53. The lowest BCUT2D eigenvalue weighted by atomic mass is 10.1. The van der Waals surface area contributed by atoms with E-state index in [1.807, 2.05) is 6.07 Å². The molecule has 4 amide bonds. The van der Waals surface area contributed by atoms with Gasteiger partial charge in [-0.2, -0.15) is 0 Å². The molecule has 2 aliphatic rings. The highest BCUT2D eigenvalue weighted by atomic mass is 16.2. The van der Waals surface area contributed by atoms with Crippen LogP contribution in [0.1, 0.15) is 22.3 Å². The molecule has 0 atom stereocenters. The van der Waals surface area contributed by atoms with E-state index in [0.29, 0.717) is 24.3 Å². The molecule has 0 saturated carbocycles. The van der Waals surface area contributed by atoms with Crippen LogP contribution in [0.15, 0.2) is 18.2 Å². The Kier molecular flexibility index (Phi) is 2.29. The first-order chi connectivity index (χ1) is 8.65. The summed E-state index contributed by atoms with van der Waals surface area (Å²) in [6.45, 7) is 0.865. The van der Waals surface area contributed by atoms with Crippen molar-refractivity contribution in [1.82, 2.24) is 10.6 Å². The Bertz CT molecular complexity index is 568. The first-order valence-electron chi connectivity index (χ1n) is 5.67. The Morgan fingerprint density at radius 3 is 2.78 bits per heavy atom. The van der Waals surface area contributed by atoms with Crippen molar-refractivity contribution >= 4 is 23.5 Å². The lowest BCUT2D eigenvalue weighted by Gasteiger charge is -2.26. The summed E-state index contributed by atoms with van der Waals surface area (Å²) in [5.41, 5.74) is 2.16. The molecule has 2 heterocycles. The SMILES string of the molecule is O=C1CCN(c2ccc3c(c2)C(=O)NC3)C(=O)N1. The third kappa shape index (κ3) is 1.62. The standard InChI is InChI=1S/C12H11N3O3/c16-10-3-4-15(12(18)14-10)8-2-1-7-6-13-11(17)9(7)5-8/h1-2,5H,3-4,6H2,(H,13,17)(H,14,16,18). The van der Waals surface area contributed by atoms with E-state index in [4.69, 9.17) is 0 Å². The quantitative estimate of drug-likeness (QED) is 0.750. The molecule has 1 aromatic carbocycles. The minimum Gasteiger partial charge on any atom is -0.348 e. The second-order valence-electron chi connectivity index (χ2n) is 4.28. The first-order valence-corrected chi connectivity index (χ1v) is 5.67. The second-order valence-corrected chi connectivity index (χ2v) is 4.28. The molecule has 92 valence electrons. The largest absolute Gasteiger partial charge is 0.348 e. The lowest BCUT2D eigenvalue weighted by Crippen LogP contribution is -2.49. The lowest BCUT2D eigenvalue weighted by molar-refractivity contribution is -0.120. The molecule has 0 aliphatic carbocycles. The molecule has 1 saturated heterocycles. The normalized spacial score (nSPS) is 18.4. The van der Waals surface area contributed by atoms with Crippen LogP contribution < -0.4 is 15.5 Å². The summed E-state index contributed by atoms with van der Waals surface area (Å²) in [6, 6.07) is 4.86. The van der Waals surface area contributed by atoms with Crippen molar-refractivity contribution in [3.05, 3.63) is 29.3 Å².